The highest BCUT2D eigenvalue weighted by Gasteiger charge is 2.44. The first kappa shape index (κ1) is 24.5. The Labute approximate surface area is 189 Å². The molecule has 0 radical (unpaired) electrons. The lowest BCUT2D eigenvalue weighted by molar-refractivity contribution is -0.0353. The molecule has 2 aromatic rings. The van der Waals surface area contributed by atoms with Crippen molar-refractivity contribution in [2.45, 2.75) is 69.2 Å². The van der Waals surface area contributed by atoms with Gasteiger partial charge < -0.3 is 14.9 Å². The highest BCUT2D eigenvalue weighted by Crippen LogP contribution is 2.40. The first-order chi connectivity index (χ1) is 14.6. The Morgan fingerprint density at radius 2 is 2.06 bits per heavy atom. The predicted octanol–water partition coefficient (Wildman–Crippen LogP) is 3.56. The van der Waals surface area contributed by atoms with E-state index in [2.05, 4.69) is 54.5 Å². The van der Waals surface area contributed by atoms with Gasteiger partial charge in [0, 0.05) is 0 Å². The summed E-state index contributed by atoms with van der Waals surface area (Å²) in [6.07, 6.45) is 11.2. The van der Waals surface area contributed by atoms with Gasteiger partial charge in [-0.25, -0.2) is 15.0 Å². The fraction of sp³-hybridized carbons (Fsp3) is 0.636. The SMILES string of the molecule is C=P(C)(C)CCC1O[C@@H](n2cnc3c(CC/C=C(/C)CC)nc(SC)nc32)[C@H](O)[C@@H]1O. The Hall–Kier alpha value is -1.18. The molecule has 0 aliphatic carbocycles. The Bertz CT molecular complexity index is 987. The van der Waals surface area contributed by atoms with Gasteiger partial charge >= 0.3 is 0 Å². The van der Waals surface area contributed by atoms with Crippen LogP contribution in [0.25, 0.3) is 11.2 Å². The van der Waals surface area contributed by atoms with Gasteiger partial charge in [-0.2, -0.15) is 0 Å². The van der Waals surface area contributed by atoms with Gasteiger partial charge in [0.15, 0.2) is 17.0 Å². The van der Waals surface area contributed by atoms with Gasteiger partial charge in [0.05, 0.1) is 18.1 Å². The number of rotatable bonds is 9. The minimum atomic E-state index is -1.24. The zero-order valence-corrected chi connectivity index (χ0v) is 20.9. The molecule has 2 N–H and O–H groups in total. The van der Waals surface area contributed by atoms with Gasteiger partial charge in [0.1, 0.15) is 17.7 Å². The maximum Gasteiger partial charge on any atom is 0.189 e. The first-order valence-electron chi connectivity index (χ1n) is 10.8. The van der Waals surface area contributed by atoms with Crippen molar-refractivity contribution in [3.05, 3.63) is 23.7 Å². The molecule has 0 bridgehead atoms. The molecule has 2 aromatic heterocycles. The highest BCUT2D eigenvalue weighted by molar-refractivity contribution is 7.98. The van der Waals surface area contributed by atoms with E-state index in [-0.39, 0.29) is 0 Å². The van der Waals surface area contributed by atoms with Gasteiger partial charge in [0.25, 0.3) is 0 Å². The highest BCUT2D eigenvalue weighted by atomic mass is 32.2. The third-order valence-electron chi connectivity index (χ3n) is 5.72. The average molecular weight is 467 g/mol. The van der Waals surface area contributed by atoms with E-state index in [0.29, 0.717) is 17.2 Å². The zero-order valence-electron chi connectivity index (χ0n) is 19.2. The van der Waals surface area contributed by atoms with Crippen LogP contribution in [0, 0.1) is 0 Å². The van der Waals surface area contributed by atoms with Crippen LogP contribution >= 0.6 is 18.6 Å². The number of fused-ring (bicyclic) bond motifs is 1. The number of hydrogen-bond donors (Lipinski definition) is 2. The van der Waals surface area contributed by atoms with Crippen molar-refractivity contribution < 1.29 is 14.9 Å². The van der Waals surface area contributed by atoms with Crippen molar-refractivity contribution in [1.29, 1.82) is 0 Å². The predicted molar refractivity (Wildman–Crippen MR) is 131 cm³/mol. The molecule has 1 unspecified atom stereocenters. The number of aliphatic hydroxyl groups is 2. The van der Waals surface area contributed by atoms with Crippen LogP contribution in [-0.4, -0.2) is 80.1 Å². The summed E-state index contributed by atoms with van der Waals surface area (Å²) in [5.41, 5.74) is 3.60. The summed E-state index contributed by atoms with van der Waals surface area (Å²) < 4.78 is 7.85. The summed E-state index contributed by atoms with van der Waals surface area (Å²) in [4.78, 5) is 13.9. The average Bonchev–Trinajstić information content (AvgIpc) is 3.27. The number of ether oxygens (including phenoxy) is 1. The number of thioether (sulfide) groups is 1. The van der Waals surface area contributed by atoms with E-state index in [1.54, 1.807) is 10.9 Å². The number of allylic oxidation sites excluding steroid dienone is 2. The van der Waals surface area contributed by atoms with Crippen LogP contribution in [-0.2, 0) is 11.2 Å². The molecule has 3 heterocycles. The lowest BCUT2D eigenvalue weighted by Gasteiger charge is -2.18. The van der Waals surface area contributed by atoms with Crippen LogP contribution in [0.15, 0.2) is 23.1 Å². The van der Waals surface area contributed by atoms with Crippen LogP contribution < -0.4 is 0 Å². The standard InChI is InChI=1S/C22H35N4O3PS/c1-7-14(2)9-8-10-15-17-20(25-22(24-15)31-6)26(13-23-17)21-19(28)18(27)16(29-21)11-12-30(3,4)5/h9,13,16,18-19,21,27-28H,3,7-8,10-12H2,1-2,4-6H3/b14-9-/t16?,18-,19-,21-/m1/s1. The molecule has 0 spiro atoms. The molecule has 1 aliphatic heterocycles. The number of aliphatic hydroxyl groups excluding tert-OH is 2. The molecule has 31 heavy (non-hydrogen) atoms. The maximum absolute atomic E-state index is 10.7. The number of aryl methyl sites for hydroxylation is 1. The summed E-state index contributed by atoms with van der Waals surface area (Å²) in [7, 11) is 0. The van der Waals surface area contributed by atoms with E-state index in [1.807, 2.05) is 6.26 Å². The second kappa shape index (κ2) is 10.2. The molecule has 7 nitrogen and oxygen atoms in total. The van der Waals surface area contributed by atoms with Gasteiger partial charge in [-0.05, 0) is 58.4 Å². The van der Waals surface area contributed by atoms with Crippen LogP contribution in [0.5, 0.6) is 0 Å². The number of aromatic nitrogens is 4. The molecular weight excluding hydrogens is 431 g/mol. The van der Waals surface area contributed by atoms with Gasteiger partial charge in [-0.3, -0.25) is 4.57 Å². The van der Waals surface area contributed by atoms with Crippen molar-refractivity contribution in [1.82, 2.24) is 19.5 Å². The Kier molecular flexibility index (Phi) is 8.03. The Balaban J connectivity index is 1.89. The van der Waals surface area contributed by atoms with Crippen molar-refractivity contribution in [2.75, 3.05) is 25.7 Å². The smallest absolute Gasteiger partial charge is 0.189 e. The minimum Gasteiger partial charge on any atom is -0.388 e. The van der Waals surface area contributed by atoms with Crippen LogP contribution in [0.1, 0.15) is 45.0 Å². The lowest BCUT2D eigenvalue weighted by Crippen LogP contribution is -2.31. The van der Waals surface area contributed by atoms with Crippen molar-refractivity contribution >= 4 is 36.1 Å². The van der Waals surface area contributed by atoms with Crippen LogP contribution in [0.3, 0.4) is 0 Å². The molecule has 0 saturated carbocycles. The quantitative estimate of drug-likeness (QED) is 0.253. The molecule has 1 saturated heterocycles. The minimum absolute atomic E-state index is 0.429. The molecule has 0 amide bonds. The fourth-order valence-electron chi connectivity index (χ4n) is 3.68. The lowest BCUT2D eigenvalue weighted by atomic mass is 10.1. The summed E-state index contributed by atoms with van der Waals surface area (Å²) in [6, 6.07) is 0. The molecule has 0 aromatic carbocycles. The second-order valence-electron chi connectivity index (χ2n) is 8.92. The zero-order chi connectivity index (χ0) is 22.8. The summed E-state index contributed by atoms with van der Waals surface area (Å²) in [6.45, 7) is 7.36. The molecular formula is C22H35N4O3PS. The van der Waals surface area contributed by atoms with E-state index < -0.39 is 31.4 Å². The summed E-state index contributed by atoms with van der Waals surface area (Å²) in [5.74, 6) is 0. The van der Waals surface area contributed by atoms with E-state index in [4.69, 9.17) is 4.74 Å². The Morgan fingerprint density at radius 1 is 1.32 bits per heavy atom. The number of nitrogens with zero attached hydrogens (tertiary/aromatic N) is 4. The third-order valence-corrected chi connectivity index (χ3v) is 7.73. The summed E-state index contributed by atoms with van der Waals surface area (Å²) >= 11 is 1.47. The first-order valence-corrected chi connectivity index (χ1v) is 15.0. The molecule has 1 fully saturated rings. The molecule has 172 valence electrons. The largest absolute Gasteiger partial charge is 0.388 e. The van der Waals surface area contributed by atoms with Crippen molar-refractivity contribution in [3.8, 4) is 0 Å². The molecule has 3 rings (SSSR count). The second-order valence-corrected chi connectivity index (χ2v) is 14.0. The van der Waals surface area contributed by atoms with Gasteiger partial charge in [-0.15, -0.1) is 13.2 Å². The number of hydrogen-bond acceptors (Lipinski definition) is 7. The van der Waals surface area contributed by atoms with Crippen molar-refractivity contribution in [2.24, 2.45) is 0 Å². The van der Waals surface area contributed by atoms with Gasteiger partial charge in [-0.1, -0.05) is 30.3 Å². The van der Waals surface area contributed by atoms with E-state index in [0.717, 1.165) is 36.6 Å². The monoisotopic (exact) mass is 466 g/mol. The normalized spacial score (nSPS) is 24.9. The molecule has 1 aliphatic rings. The summed E-state index contributed by atoms with van der Waals surface area (Å²) in [5, 5.41) is 22.0. The fourth-order valence-corrected chi connectivity index (χ4v) is 5.01. The van der Waals surface area contributed by atoms with E-state index >= 15 is 0 Å². The topological polar surface area (TPSA) is 93.3 Å². The third kappa shape index (κ3) is 5.79. The Morgan fingerprint density at radius 3 is 2.71 bits per heavy atom. The van der Waals surface area contributed by atoms with Crippen LogP contribution in [0.4, 0.5) is 0 Å². The molecule has 9 heteroatoms. The van der Waals surface area contributed by atoms with Gasteiger partial charge in [0.2, 0.25) is 0 Å². The van der Waals surface area contributed by atoms with Crippen LogP contribution in [0.2, 0.25) is 0 Å². The molecule has 4 atom stereocenters. The van der Waals surface area contributed by atoms with Crippen molar-refractivity contribution in [3.63, 3.8) is 0 Å². The number of imidazole rings is 1. The maximum atomic E-state index is 10.7. The van der Waals surface area contributed by atoms with E-state index in [9.17, 15) is 10.2 Å². The van der Waals surface area contributed by atoms with E-state index in [1.165, 1.54) is 17.3 Å².